The third-order valence-electron chi connectivity index (χ3n) is 4.71. The van der Waals surface area contributed by atoms with Crippen molar-refractivity contribution in [2.75, 3.05) is 33.0 Å². The van der Waals surface area contributed by atoms with Gasteiger partial charge >= 0.3 is 35.8 Å². The van der Waals surface area contributed by atoms with Gasteiger partial charge in [0.2, 0.25) is 0 Å². The zero-order valence-corrected chi connectivity index (χ0v) is 16.2. The number of alkyl halides is 13. The molecule has 0 saturated carbocycles. The van der Waals surface area contributed by atoms with E-state index in [2.05, 4.69) is 0 Å². The van der Waals surface area contributed by atoms with E-state index >= 15 is 0 Å². The molecule has 2 heterocycles. The zero-order valence-electron chi connectivity index (χ0n) is 16.2. The molecular weight excluding hydrogens is 503 g/mol. The van der Waals surface area contributed by atoms with Gasteiger partial charge in [0.15, 0.2) is 0 Å². The summed E-state index contributed by atoms with van der Waals surface area (Å²) in [6.07, 6.45) is -13.2. The van der Waals surface area contributed by atoms with Gasteiger partial charge in [-0.2, -0.15) is 57.1 Å². The third-order valence-corrected chi connectivity index (χ3v) is 4.71. The van der Waals surface area contributed by atoms with Crippen molar-refractivity contribution < 1.29 is 76.0 Å². The molecule has 0 radical (unpaired) electrons. The minimum atomic E-state index is -7.90. The Balaban J connectivity index is 2.12. The van der Waals surface area contributed by atoms with Gasteiger partial charge in [-0.15, -0.1) is 0 Å². The van der Waals surface area contributed by atoms with E-state index in [9.17, 15) is 57.1 Å². The normalized spacial score (nSPS) is 23.5. The summed E-state index contributed by atoms with van der Waals surface area (Å²) in [5, 5.41) is 0. The van der Waals surface area contributed by atoms with Crippen LogP contribution in [0.2, 0.25) is 0 Å². The molecule has 0 N–H and O–H groups in total. The molecular formula is C16H17F13O4. The van der Waals surface area contributed by atoms with Crippen molar-refractivity contribution >= 4 is 0 Å². The minimum absolute atomic E-state index is 0.0663. The Morgan fingerprint density at radius 3 is 1.58 bits per heavy atom. The van der Waals surface area contributed by atoms with Crippen LogP contribution in [0.5, 0.6) is 0 Å². The lowest BCUT2D eigenvalue weighted by molar-refractivity contribution is -0.440. The molecule has 196 valence electrons. The fourth-order valence-electron chi connectivity index (χ4n) is 2.42. The smallest absolute Gasteiger partial charge is 0.376 e. The van der Waals surface area contributed by atoms with Crippen LogP contribution in [-0.2, 0) is 18.9 Å². The average molecular weight is 520 g/mol. The van der Waals surface area contributed by atoms with Crippen LogP contribution in [0.3, 0.4) is 0 Å². The van der Waals surface area contributed by atoms with Gasteiger partial charge in [0, 0.05) is 6.42 Å². The van der Waals surface area contributed by atoms with Gasteiger partial charge in [0.05, 0.1) is 39.1 Å². The van der Waals surface area contributed by atoms with Crippen LogP contribution in [-0.4, -0.2) is 87.1 Å². The van der Waals surface area contributed by atoms with Gasteiger partial charge in [0.1, 0.15) is 12.2 Å². The summed E-state index contributed by atoms with van der Waals surface area (Å²) in [6.45, 7) is -0.331. The van der Waals surface area contributed by atoms with E-state index in [4.69, 9.17) is 18.9 Å². The van der Waals surface area contributed by atoms with Crippen LogP contribution in [0, 0.1) is 0 Å². The Morgan fingerprint density at radius 2 is 1.12 bits per heavy atom. The van der Waals surface area contributed by atoms with Crippen molar-refractivity contribution in [1.82, 2.24) is 0 Å². The summed E-state index contributed by atoms with van der Waals surface area (Å²) in [6, 6.07) is 0. The number of rotatable bonds is 14. The van der Waals surface area contributed by atoms with Crippen LogP contribution < -0.4 is 0 Å². The van der Waals surface area contributed by atoms with E-state index in [-0.39, 0.29) is 25.9 Å². The largest absolute Gasteiger partial charge is 0.460 e. The lowest BCUT2D eigenvalue weighted by atomic mass is 9.91. The summed E-state index contributed by atoms with van der Waals surface area (Å²) in [7, 11) is 0. The maximum atomic E-state index is 13.9. The Labute approximate surface area is 177 Å². The Bertz CT molecular complexity index is 659. The summed E-state index contributed by atoms with van der Waals surface area (Å²) >= 11 is 0. The molecule has 2 saturated heterocycles. The van der Waals surface area contributed by atoms with Gasteiger partial charge in [0.25, 0.3) is 0 Å². The first-order chi connectivity index (χ1) is 14.8. The summed E-state index contributed by atoms with van der Waals surface area (Å²) < 4.78 is 190. The molecule has 4 nitrogen and oxygen atoms in total. The fraction of sp³-hybridized carbons (Fsp3) is 1.00. The van der Waals surface area contributed by atoms with Crippen molar-refractivity contribution in [2.24, 2.45) is 0 Å². The van der Waals surface area contributed by atoms with E-state index < -0.39 is 67.4 Å². The van der Waals surface area contributed by atoms with E-state index in [0.717, 1.165) is 0 Å². The highest BCUT2D eigenvalue weighted by molar-refractivity contribution is 5.10. The fourth-order valence-corrected chi connectivity index (χ4v) is 2.42. The highest BCUT2D eigenvalue weighted by Gasteiger charge is 2.90. The first-order valence-corrected chi connectivity index (χ1v) is 9.16. The number of hydrogen-bond donors (Lipinski definition) is 0. The van der Waals surface area contributed by atoms with Crippen molar-refractivity contribution in [2.45, 2.75) is 66.9 Å². The van der Waals surface area contributed by atoms with Crippen LogP contribution in [0.15, 0.2) is 0 Å². The predicted octanol–water partition coefficient (Wildman–Crippen LogP) is 4.70. The highest BCUT2D eigenvalue weighted by Crippen LogP contribution is 2.60. The Kier molecular flexibility index (Phi) is 7.84. The predicted molar refractivity (Wildman–Crippen MR) is 80.1 cm³/mol. The first kappa shape index (κ1) is 28.2. The molecule has 3 unspecified atom stereocenters. The van der Waals surface area contributed by atoms with Crippen molar-refractivity contribution in [1.29, 1.82) is 0 Å². The van der Waals surface area contributed by atoms with E-state index in [1.54, 1.807) is 0 Å². The van der Waals surface area contributed by atoms with Crippen LogP contribution >= 0.6 is 0 Å². The molecule has 0 aromatic rings. The van der Waals surface area contributed by atoms with Gasteiger partial charge in [-0.1, -0.05) is 0 Å². The molecule has 0 aromatic heterocycles. The van der Waals surface area contributed by atoms with Gasteiger partial charge in [-0.05, 0) is 6.42 Å². The second-order valence-electron chi connectivity index (χ2n) is 7.44. The third kappa shape index (κ3) is 5.78. The number of halogens is 13. The second kappa shape index (κ2) is 9.18. The molecule has 2 fully saturated rings. The molecule has 0 aromatic carbocycles. The van der Waals surface area contributed by atoms with Crippen LogP contribution in [0.4, 0.5) is 57.1 Å². The first-order valence-electron chi connectivity index (χ1n) is 9.16. The van der Waals surface area contributed by atoms with Crippen molar-refractivity contribution in [3.8, 4) is 0 Å². The van der Waals surface area contributed by atoms with Gasteiger partial charge in [-0.3, -0.25) is 0 Å². The number of hydrogen-bond acceptors (Lipinski definition) is 4. The highest BCUT2D eigenvalue weighted by atomic mass is 19.4. The lowest BCUT2D eigenvalue weighted by Gasteiger charge is -2.40. The molecule has 3 atom stereocenters. The SMILES string of the molecule is FC(F)(F)C(F)(F)C(F)(F)C(F)(F)C(F)(F)C(F)(F)CCC(COCC1CO1)OCC1CO1. The monoisotopic (exact) mass is 520 g/mol. The van der Waals surface area contributed by atoms with Crippen LogP contribution in [0.1, 0.15) is 12.8 Å². The number of ether oxygens (including phenoxy) is 4. The molecule has 0 bridgehead atoms. The molecule has 2 rings (SSSR count). The number of epoxide rings is 2. The summed E-state index contributed by atoms with van der Waals surface area (Å²) in [5.41, 5.74) is 0. The topological polar surface area (TPSA) is 43.5 Å². The Morgan fingerprint density at radius 1 is 0.667 bits per heavy atom. The van der Waals surface area contributed by atoms with Crippen molar-refractivity contribution in [3.05, 3.63) is 0 Å². The van der Waals surface area contributed by atoms with Gasteiger partial charge < -0.3 is 18.9 Å². The average Bonchev–Trinajstić information content (AvgIpc) is 3.57. The van der Waals surface area contributed by atoms with E-state index in [0.29, 0.717) is 6.61 Å². The molecule has 17 heteroatoms. The molecule has 0 spiro atoms. The standard InChI is InChI=1S/C16H17F13O4/c17-11(18,2-1-8(31-6-10-7-33-10)3-30-4-9-5-32-9)12(19,20)13(21,22)14(23,24)15(25,26)16(27,28)29/h8-10H,1-7H2. The maximum Gasteiger partial charge on any atom is 0.460 e. The Hall–Kier alpha value is -1.07. The molecule has 33 heavy (non-hydrogen) atoms. The molecule has 0 aliphatic carbocycles. The van der Waals surface area contributed by atoms with Crippen LogP contribution in [0.25, 0.3) is 0 Å². The summed E-state index contributed by atoms with van der Waals surface area (Å²) in [5.74, 6) is -36.9. The molecule has 2 aliphatic heterocycles. The second-order valence-corrected chi connectivity index (χ2v) is 7.44. The van der Waals surface area contributed by atoms with E-state index in [1.807, 2.05) is 0 Å². The summed E-state index contributed by atoms with van der Waals surface area (Å²) in [4.78, 5) is 0. The maximum absolute atomic E-state index is 13.9. The quantitative estimate of drug-likeness (QED) is 0.246. The lowest BCUT2D eigenvalue weighted by Crippen LogP contribution is -2.70. The van der Waals surface area contributed by atoms with E-state index in [1.165, 1.54) is 0 Å². The minimum Gasteiger partial charge on any atom is -0.376 e. The van der Waals surface area contributed by atoms with Crippen molar-refractivity contribution in [3.63, 3.8) is 0 Å². The molecule has 2 aliphatic rings. The van der Waals surface area contributed by atoms with Gasteiger partial charge in [-0.25, -0.2) is 0 Å². The zero-order chi connectivity index (χ0) is 25.5. The molecule has 0 amide bonds.